The van der Waals surface area contributed by atoms with Crippen molar-refractivity contribution in [2.24, 2.45) is 0 Å². The van der Waals surface area contributed by atoms with Gasteiger partial charge >= 0.3 is 11.7 Å². The van der Waals surface area contributed by atoms with Crippen molar-refractivity contribution < 1.29 is 19.9 Å². The molecule has 0 aliphatic rings. The summed E-state index contributed by atoms with van der Waals surface area (Å²) in [5.74, 6) is -1.55. The van der Waals surface area contributed by atoms with Crippen LogP contribution in [0.2, 0.25) is 0 Å². The second kappa shape index (κ2) is 3.75. The van der Waals surface area contributed by atoms with E-state index in [9.17, 15) is 20.0 Å². The molecule has 6 heteroatoms. The summed E-state index contributed by atoms with van der Waals surface area (Å²) in [6.07, 6.45) is 0. The normalized spacial score (nSPS) is 10.4. The zero-order valence-corrected chi connectivity index (χ0v) is 8.45. The predicted octanol–water partition coefficient (Wildman–Crippen LogP) is 2.15. The number of nitro benzene ring substituents is 1. The molecule has 0 aromatic heterocycles. The van der Waals surface area contributed by atoms with Gasteiger partial charge in [0, 0.05) is 0 Å². The largest absolute Gasteiger partial charge is 0.502 e. The number of phenolic OH excluding ortho intramolecular Hbond substituents is 1. The molecule has 0 aliphatic carbocycles. The third-order valence-electron chi connectivity index (χ3n) is 2.40. The Morgan fingerprint density at radius 1 is 1.24 bits per heavy atom. The maximum atomic E-state index is 10.8. The molecule has 2 aromatic rings. The summed E-state index contributed by atoms with van der Waals surface area (Å²) in [5.41, 5.74) is -0.378. The van der Waals surface area contributed by atoms with Crippen molar-refractivity contribution in [1.29, 1.82) is 0 Å². The fraction of sp³-hybridized carbons (Fsp3) is 0. The van der Waals surface area contributed by atoms with Crippen LogP contribution in [-0.4, -0.2) is 21.1 Å². The lowest BCUT2D eigenvalue weighted by atomic mass is 10.0. The van der Waals surface area contributed by atoms with Crippen molar-refractivity contribution in [2.75, 3.05) is 0 Å². The fourth-order valence-corrected chi connectivity index (χ4v) is 1.63. The van der Waals surface area contributed by atoms with Crippen molar-refractivity contribution >= 4 is 22.4 Å². The van der Waals surface area contributed by atoms with E-state index in [1.807, 2.05) is 0 Å². The zero-order valence-electron chi connectivity index (χ0n) is 8.45. The standard InChI is InChI=1S/C11H7NO5/c13-9-4-2-6-5-7(11(14)15)1-3-8(6)10(9)12(16)17/h1-5,13H,(H,14,15). The average molecular weight is 233 g/mol. The molecular weight excluding hydrogens is 226 g/mol. The van der Waals surface area contributed by atoms with Gasteiger partial charge in [-0.2, -0.15) is 0 Å². The van der Waals surface area contributed by atoms with Gasteiger partial charge in [-0.05, 0) is 29.7 Å². The van der Waals surface area contributed by atoms with Gasteiger partial charge in [-0.1, -0.05) is 6.07 Å². The Hall–Kier alpha value is -2.63. The summed E-state index contributed by atoms with van der Waals surface area (Å²) < 4.78 is 0. The van der Waals surface area contributed by atoms with Crippen molar-refractivity contribution in [1.82, 2.24) is 0 Å². The first-order chi connectivity index (χ1) is 8.00. The molecule has 0 bridgehead atoms. The van der Waals surface area contributed by atoms with Gasteiger partial charge < -0.3 is 10.2 Å². The molecule has 0 spiro atoms. The van der Waals surface area contributed by atoms with Gasteiger partial charge in [-0.15, -0.1) is 0 Å². The number of carbonyl (C=O) groups is 1. The Kier molecular flexibility index (Phi) is 2.40. The van der Waals surface area contributed by atoms with Crippen LogP contribution < -0.4 is 0 Å². The van der Waals surface area contributed by atoms with E-state index in [1.165, 1.54) is 30.3 Å². The van der Waals surface area contributed by atoms with Gasteiger partial charge in [-0.25, -0.2) is 4.79 Å². The average Bonchev–Trinajstić information content (AvgIpc) is 2.27. The summed E-state index contributed by atoms with van der Waals surface area (Å²) in [7, 11) is 0. The number of rotatable bonds is 2. The summed E-state index contributed by atoms with van der Waals surface area (Å²) >= 11 is 0. The molecule has 0 unspecified atom stereocenters. The van der Waals surface area contributed by atoms with Gasteiger partial charge in [0.1, 0.15) is 0 Å². The van der Waals surface area contributed by atoms with Gasteiger partial charge in [-0.3, -0.25) is 10.1 Å². The number of hydrogen-bond acceptors (Lipinski definition) is 4. The molecule has 0 radical (unpaired) electrons. The first-order valence-corrected chi connectivity index (χ1v) is 4.64. The Balaban J connectivity index is 2.79. The Morgan fingerprint density at radius 2 is 1.94 bits per heavy atom. The minimum Gasteiger partial charge on any atom is -0.502 e. The fourth-order valence-electron chi connectivity index (χ4n) is 1.63. The maximum absolute atomic E-state index is 10.8. The van der Waals surface area contributed by atoms with E-state index in [0.29, 0.717) is 5.39 Å². The molecule has 86 valence electrons. The van der Waals surface area contributed by atoms with Crippen molar-refractivity contribution in [3.05, 3.63) is 46.0 Å². The van der Waals surface area contributed by atoms with E-state index in [2.05, 4.69) is 0 Å². The lowest BCUT2D eigenvalue weighted by Gasteiger charge is -2.02. The SMILES string of the molecule is O=C(O)c1ccc2c([N+](=O)[O-])c(O)ccc2c1. The van der Waals surface area contributed by atoms with Crippen molar-refractivity contribution in [3.8, 4) is 5.75 Å². The van der Waals surface area contributed by atoms with Crippen LogP contribution in [0.1, 0.15) is 10.4 Å². The number of aromatic carboxylic acids is 1. The van der Waals surface area contributed by atoms with E-state index >= 15 is 0 Å². The quantitative estimate of drug-likeness (QED) is 0.611. The molecule has 2 aromatic carbocycles. The van der Waals surface area contributed by atoms with Gasteiger partial charge in [0.05, 0.1) is 15.9 Å². The molecular formula is C11H7NO5. The Bertz CT molecular complexity index is 635. The van der Waals surface area contributed by atoms with Crippen LogP contribution in [-0.2, 0) is 0 Å². The third kappa shape index (κ3) is 1.76. The van der Waals surface area contributed by atoms with E-state index in [0.717, 1.165) is 0 Å². The minimum atomic E-state index is -1.11. The summed E-state index contributed by atoms with van der Waals surface area (Å²) in [6.45, 7) is 0. The number of aromatic hydroxyl groups is 1. The van der Waals surface area contributed by atoms with E-state index < -0.39 is 22.3 Å². The molecule has 0 heterocycles. The van der Waals surface area contributed by atoms with Crippen LogP contribution in [0, 0.1) is 10.1 Å². The first-order valence-electron chi connectivity index (χ1n) is 4.64. The highest BCUT2D eigenvalue weighted by molar-refractivity contribution is 5.98. The van der Waals surface area contributed by atoms with Crippen LogP contribution in [0.25, 0.3) is 10.8 Å². The number of nitro groups is 1. The molecule has 0 saturated carbocycles. The monoisotopic (exact) mass is 233 g/mol. The molecule has 0 saturated heterocycles. The second-order valence-corrected chi connectivity index (χ2v) is 3.43. The van der Waals surface area contributed by atoms with E-state index in [-0.39, 0.29) is 10.9 Å². The number of fused-ring (bicyclic) bond motifs is 1. The van der Waals surface area contributed by atoms with Crippen LogP contribution in [0.5, 0.6) is 5.75 Å². The molecule has 2 N–H and O–H groups in total. The summed E-state index contributed by atoms with van der Waals surface area (Å²) in [6, 6.07) is 6.51. The maximum Gasteiger partial charge on any atom is 0.335 e. The van der Waals surface area contributed by atoms with Gasteiger partial charge in [0.25, 0.3) is 0 Å². The van der Waals surface area contributed by atoms with Crippen molar-refractivity contribution in [2.45, 2.75) is 0 Å². The molecule has 0 atom stereocenters. The molecule has 2 rings (SSSR count). The predicted molar refractivity (Wildman–Crippen MR) is 59.2 cm³/mol. The molecule has 17 heavy (non-hydrogen) atoms. The summed E-state index contributed by atoms with van der Waals surface area (Å²) in [4.78, 5) is 20.8. The van der Waals surface area contributed by atoms with Crippen LogP contribution in [0.4, 0.5) is 5.69 Å². The number of phenols is 1. The third-order valence-corrected chi connectivity index (χ3v) is 2.40. The van der Waals surface area contributed by atoms with Crippen LogP contribution >= 0.6 is 0 Å². The van der Waals surface area contributed by atoms with Crippen molar-refractivity contribution in [3.63, 3.8) is 0 Å². The number of hydrogen-bond donors (Lipinski definition) is 2. The molecule has 0 amide bonds. The Labute approximate surface area is 94.9 Å². The number of nitrogens with zero attached hydrogens (tertiary/aromatic N) is 1. The Morgan fingerprint density at radius 3 is 2.53 bits per heavy atom. The number of benzene rings is 2. The van der Waals surface area contributed by atoms with Gasteiger partial charge in [0.2, 0.25) is 0 Å². The molecule has 0 fully saturated rings. The topological polar surface area (TPSA) is 101 Å². The summed E-state index contributed by atoms with van der Waals surface area (Å²) in [5, 5.41) is 29.6. The van der Waals surface area contributed by atoms with Crippen LogP contribution in [0.15, 0.2) is 30.3 Å². The van der Waals surface area contributed by atoms with Crippen LogP contribution in [0.3, 0.4) is 0 Å². The highest BCUT2D eigenvalue weighted by Gasteiger charge is 2.18. The van der Waals surface area contributed by atoms with Gasteiger partial charge in [0.15, 0.2) is 5.75 Å². The second-order valence-electron chi connectivity index (χ2n) is 3.43. The minimum absolute atomic E-state index is 0.0393. The highest BCUT2D eigenvalue weighted by Crippen LogP contribution is 2.34. The first kappa shape index (κ1) is 10.9. The lowest BCUT2D eigenvalue weighted by molar-refractivity contribution is -0.384. The number of carboxylic acid groups (broad SMARTS) is 1. The lowest BCUT2D eigenvalue weighted by Crippen LogP contribution is -1.96. The zero-order chi connectivity index (χ0) is 12.6. The number of carboxylic acids is 1. The molecule has 0 aliphatic heterocycles. The van der Waals surface area contributed by atoms with E-state index in [4.69, 9.17) is 5.11 Å². The highest BCUT2D eigenvalue weighted by atomic mass is 16.6. The van der Waals surface area contributed by atoms with E-state index in [1.54, 1.807) is 0 Å². The molecule has 6 nitrogen and oxygen atoms in total. The smallest absolute Gasteiger partial charge is 0.335 e.